The summed E-state index contributed by atoms with van der Waals surface area (Å²) in [5.41, 5.74) is 4.87. The van der Waals surface area contributed by atoms with Crippen LogP contribution in [0.3, 0.4) is 0 Å². The molecule has 1 aliphatic rings. The minimum Gasteiger partial charge on any atom is -0.475 e. The molecule has 1 saturated carbocycles. The molecule has 0 radical (unpaired) electrons. The van der Waals surface area contributed by atoms with E-state index in [1.165, 1.54) is 0 Å². The highest BCUT2D eigenvalue weighted by Gasteiger charge is 2.31. The Balaban J connectivity index is 1.85. The number of nitrogens with two attached hydrogens (primary N) is 1. The van der Waals surface area contributed by atoms with Crippen LogP contribution in [-0.2, 0) is 6.18 Å². The second-order valence-electron chi connectivity index (χ2n) is 4.94. The van der Waals surface area contributed by atoms with Crippen LogP contribution in [0.2, 0.25) is 5.02 Å². The molecule has 0 bridgehead atoms. The summed E-state index contributed by atoms with van der Waals surface area (Å²) in [7, 11) is 1.87. The third-order valence-electron chi connectivity index (χ3n) is 3.19. The summed E-state index contributed by atoms with van der Waals surface area (Å²) in [6.07, 6.45) is -1.59. The molecule has 1 fully saturated rings. The van der Waals surface area contributed by atoms with Crippen molar-refractivity contribution in [2.45, 2.75) is 25.1 Å². The Morgan fingerprint density at radius 2 is 2.23 bits per heavy atom. The molecular weight excluding hydrogens is 321 g/mol. The van der Waals surface area contributed by atoms with Gasteiger partial charge in [0, 0.05) is 19.3 Å². The molecule has 1 aromatic rings. The molecule has 0 atom stereocenters. The monoisotopic (exact) mass is 336 g/mol. The van der Waals surface area contributed by atoms with Crippen LogP contribution in [-0.4, -0.2) is 42.1 Å². The Bertz CT molecular complexity index is 561. The number of guanidine groups is 1. The quantitative estimate of drug-likeness (QED) is 0.510. The normalized spacial score (nSPS) is 15.8. The lowest BCUT2D eigenvalue weighted by atomic mass is 10.3. The molecule has 0 aliphatic heterocycles. The van der Waals surface area contributed by atoms with Gasteiger partial charge in [0.15, 0.2) is 5.96 Å². The van der Waals surface area contributed by atoms with Gasteiger partial charge in [-0.1, -0.05) is 11.6 Å². The van der Waals surface area contributed by atoms with Crippen LogP contribution in [0.25, 0.3) is 0 Å². The highest BCUT2D eigenvalue weighted by molar-refractivity contribution is 6.31. The first-order valence-corrected chi connectivity index (χ1v) is 7.05. The first-order chi connectivity index (χ1) is 10.3. The molecule has 0 spiro atoms. The summed E-state index contributed by atoms with van der Waals surface area (Å²) in [5, 5.41) is -0.193. The van der Waals surface area contributed by atoms with Crippen LogP contribution in [0.1, 0.15) is 18.4 Å². The fraction of sp³-hybridized carbons (Fsp3) is 0.538. The van der Waals surface area contributed by atoms with Gasteiger partial charge in [0.1, 0.15) is 11.6 Å². The summed E-state index contributed by atoms with van der Waals surface area (Å²) in [6.45, 7) is 0.388. The van der Waals surface area contributed by atoms with Gasteiger partial charge in [-0.2, -0.15) is 13.2 Å². The number of hydrogen-bond donors (Lipinski definition) is 1. The van der Waals surface area contributed by atoms with E-state index in [0.29, 0.717) is 18.2 Å². The minimum atomic E-state index is -4.48. The van der Waals surface area contributed by atoms with Crippen molar-refractivity contribution < 1.29 is 17.9 Å². The zero-order valence-electron chi connectivity index (χ0n) is 11.9. The fourth-order valence-electron chi connectivity index (χ4n) is 1.75. The Labute approximate surface area is 130 Å². The average Bonchev–Trinajstić information content (AvgIpc) is 3.27. The third-order valence-corrected chi connectivity index (χ3v) is 3.47. The number of aliphatic imine (C=N–C) groups is 1. The number of hydrogen-bond acceptors (Lipinski definition) is 3. The molecule has 0 saturated heterocycles. The topological polar surface area (TPSA) is 63.7 Å². The summed E-state index contributed by atoms with van der Waals surface area (Å²) in [5.74, 6) is 0.358. The molecule has 122 valence electrons. The molecule has 0 unspecified atom stereocenters. The largest absolute Gasteiger partial charge is 0.475 e. The minimum absolute atomic E-state index is 0.0565. The first kappa shape index (κ1) is 16.7. The van der Waals surface area contributed by atoms with Gasteiger partial charge >= 0.3 is 6.18 Å². The van der Waals surface area contributed by atoms with Gasteiger partial charge in [-0.15, -0.1) is 0 Å². The molecule has 0 amide bonds. The number of rotatable bonds is 5. The molecule has 5 nitrogen and oxygen atoms in total. The van der Waals surface area contributed by atoms with Crippen LogP contribution in [0.5, 0.6) is 5.88 Å². The van der Waals surface area contributed by atoms with Gasteiger partial charge in [-0.3, -0.25) is 0 Å². The predicted molar refractivity (Wildman–Crippen MR) is 77.0 cm³/mol. The standard InChI is InChI=1S/C13H16ClF3N4O/c1-21(9-2-3-9)12(18)19-4-5-22-11-10(14)6-8(7-20-11)13(15,16)17/h6-7,9H,2-5H2,1H3,(H2,18,19). The van der Waals surface area contributed by atoms with E-state index in [1.54, 1.807) is 0 Å². The Kier molecular flexibility index (Phi) is 5.00. The van der Waals surface area contributed by atoms with Crippen LogP contribution < -0.4 is 10.5 Å². The molecule has 9 heteroatoms. The lowest BCUT2D eigenvalue weighted by molar-refractivity contribution is -0.137. The lowest BCUT2D eigenvalue weighted by Crippen LogP contribution is -2.36. The van der Waals surface area contributed by atoms with Gasteiger partial charge in [0.05, 0.1) is 12.1 Å². The maximum absolute atomic E-state index is 12.5. The fourth-order valence-corrected chi connectivity index (χ4v) is 1.97. The molecular formula is C13H16ClF3N4O. The number of ether oxygens (including phenoxy) is 1. The summed E-state index contributed by atoms with van der Waals surface area (Å²) in [4.78, 5) is 9.59. The number of pyridine rings is 1. The maximum Gasteiger partial charge on any atom is 0.417 e. The summed E-state index contributed by atoms with van der Waals surface area (Å²) < 4.78 is 42.6. The SMILES string of the molecule is CN(C(N)=NCCOc1ncc(C(F)(F)F)cc1Cl)C1CC1. The van der Waals surface area contributed by atoms with Gasteiger partial charge in [0.25, 0.3) is 0 Å². The molecule has 1 aromatic heterocycles. The van der Waals surface area contributed by atoms with Crippen LogP contribution >= 0.6 is 11.6 Å². The number of aromatic nitrogens is 1. The van der Waals surface area contributed by atoms with Crippen molar-refractivity contribution in [3.05, 3.63) is 22.8 Å². The Hall–Kier alpha value is -1.70. The van der Waals surface area contributed by atoms with Gasteiger partial charge in [-0.25, -0.2) is 9.98 Å². The number of halogens is 4. The molecule has 22 heavy (non-hydrogen) atoms. The molecule has 1 aliphatic carbocycles. The van der Waals surface area contributed by atoms with Crippen molar-refractivity contribution in [1.29, 1.82) is 0 Å². The van der Waals surface area contributed by atoms with Gasteiger partial charge in [0.2, 0.25) is 5.88 Å². The lowest BCUT2D eigenvalue weighted by Gasteiger charge is -2.16. The van der Waals surface area contributed by atoms with E-state index in [0.717, 1.165) is 18.9 Å². The third kappa shape index (κ3) is 4.40. The average molecular weight is 337 g/mol. The smallest absolute Gasteiger partial charge is 0.417 e. The van der Waals surface area contributed by atoms with Crippen molar-refractivity contribution in [1.82, 2.24) is 9.88 Å². The zero-order valence-corrected chi connectivity index (χ0v) is 12.7. The second-order valence-corrected chi connectivity index (χ2v) is 5.35. The second kappa shape index (κ2) is 6.60. The van der Waals surface area contributed by atoms with Crippen molar-refractivity contribution in [3.63, 3.8) is 0 Å². The number of alkyl halides is 3. The molecule has 0 aromatic carbocycles. The van der Waals surface area contributed by atoms with E-state index in [4.69, 9.17) is 22.1 Å². The maximum atomic E-state index is 12.5. The molecule has 2 rings (SSSR count). The van der Waals surface area contributed by atoms with E-state index < -0.39 is 11.7 Å². The van der Waals surface area contributed by atoms with E-state index in [2.05, 4.69) is 9.98 Å². The van der Waals surface area contributed by atoms with Crippen molar-refractivity contribution in [3.8, 4) is 5.88 Å². The highest BCUT2D eigenvalue weighted by Crippen LogP contribution is 2.33. The van der Waals surface area contributed by atoms with Crippen molar-refractivity contribution in [2.24, 2.45) is 10.7 Å². The predicted octanol–water partition coefficient (Wildman–Crippen LogP) is 2.54. The van der Waals surface area contributed by atoms with Crippen LogP contribution in [0.15, 0.2) is 17.3 Å². The number of nitrogens with zero attached hydrogens (tertiary/aromatic N) is 3. The Morgan fingerprint density at radius 1 is 1.55 bits per heavy atom. The van der Waals surface area contributed by atoms with Crippen LogP contribution in [0.4, 0.5) is 13.2 Å². The van der Waals surface area contributed by atoms with E-state index in [-0.39, 0.29) is 24.1 Å². The van der Waals surface area contributed by atoms with Crippen molar-refractivity contribution in [2.75, 3.05) is 20.2 Å². The molecule has 2 N–H and O–H groups in total. The summed E-state index contributed by atoms with van der Waals surface area (Å²) in [6, 6.07) is 1.23. The zero-order chi connectivity index (χ0) is 16.3. The van der Waals surface area contributed by atoms with Gasteiger partial charge < -0.3 is 15.4 Å². The van der Waals surface area contributed by atoms with Crippen molar-refractivity contribution >= 4 is 17.6 Å². The van der Waals surface area contributed by atoms with E-state index in [1.807, 2.05) is 11.9 Å². The van der Waals surface area contributed by atoms with Gasteiger partial charge in [-0.05, 0) is 18.9 Å². The Morgan fingerprint density at radius 3 is 2.77 bits per heavy atom. The molecule has 1 heterocycles. The first-order valence-electron chi connectivity index (χ1n) is 6.67. The summed E-state index contributed by atoms with van der Waals surface area (Å²) >= 11 is 5.72. The van der Waals surface area contributed by atoms with E-state index in [9.17, 15) is 13.2 Å². The highest BCUT2D eigenvalue weighted by atomic mass is 35.5. The van der Waals surface area contributed by atoms with Crippen LogP contribution in [0, 0.1) is 0 Å². The van der Waals surface area contributed by atoms with E-state index >= 15 is 0 Å².